The van der Waals surface area contributed by atoms with Gasteiger partial charge < -0.3 is 10.1 Å². The van der Waals surface area contributed by atoms with E-state index in [4.69, 9.17) is 4.74 Å². The zero-order valence-electron chi connectivity index (χ0n) is 16.6. The molecule has 0 saturated carbocycles. The monoisotopic (exact) mass is 389 g/mol. The van der Waals surface area contributed by atoms with Crippen LogP contribution in [0.5, 0.6) is 0 Å². The van der Waals surface area contributed by atoms with E-state index >= 15 is 0 Å². The van der Waals surface area contributed by atoms with E-state index in [9.17, 15) is 9.18 Å². The van der Waals surface area contributed by atoms with Crippen molar-refractivity contribution in [1.82, 2.24) is 15.1 Å². The van der Waals surface area contributed by atoms with Gasteiger partial charge in [-0.25, -0.2) is 4.39 Å². The molecular formula is C22H32FN3O2. The predicted molar refractivity (Wildman–Crippen MR) is 106 cm³/mol. The lowest BCUT2D eigenvalue weighted by molar-refractivity contribution is -0.129. The van der Waals surface area contributed by atoms with Gasteiger partial charge in [-0.3, -0.25) is 14.6 Å². The Morgan fingerprint density at radius 3 is 2.75 bits per heavy atom. The molecule has 4 rings (SSSR count). The molecule has 5 nitrogen and oxygen atoms in total. The van der Waals surface area contributed by atoms with E-state index in [2.05, 4.69) is 15.1 Å². The molecule has 3 fully saturated rings. The number of benzene rings is 1. The summed E-state index contributed by atoms with van der Waals surface area (Å²) >= 11 is 0. The summed E-state index contributed by atoms with van der Waals surface area (Å²) in [6.07, 6.45) is 6.85. The summed E-state index contributed by atoms with van der Waals surface area (Å²) in [6, 6.07) is 7.66. The van der Waals surface area contributed by atoms with Gasteiger partial charge in [0.1, 0.15) is 5.82 Å². The molecule has 3 aliphatic heterocycles. The quantitative estimate of drug-likeness (QED) is 0.860. The van der Waals surface area contributed by atoms with Gasteiger partial charge >= 0.3 is 0 Å². The number of carbonyl (C=O) groups is 1. The van der Waals surface area contributed by atoms with Gasteiger partial charge in [0.2, 0.25) is 5.91 Å². The highest BCUT2D eigenvalue weighted by molar-refractivity contribution is 5.77. The van der Waals surface area contributed by atoms with Crippen LogP contribution in [0.25, 0.3) is 0 Å². The Labute approximate surface area is 167 Å². The van der Waals surface area contributed by atoms with Gasteiger partial charge in [0.25, 0.3) is 0 Å². The normalized spacial score (nSPS) is 30.6. The molecule has 3 saturated heterocycles. The molecule has 1 amide bonds. The van der Waals surface area contributed by atoms with Crippen LogP contribution in [0, 0.1) is 5.82 Å². The van der Waals surface area contributed by atoms with Crippen molar-refractivity contribution in [2.75, 3.05) is 32.8 Å². The molecule has 0 aromatic heterocycles. The molecule has 3 atom stereocenters. The molecule has 0 spiro atoms. The SMILES string of the molecule is O=C1CC(N2CCOCC2)CC(N2CCCCC[C@@H]2Cc2ccccc2F)N1. The van der Waals surface area contributed by atoms with Gasteiger partial charge in [0, 0.05) is 38.1 Å². The van der Waals surface area contributed by atoms with Crippen LogP contribution < -0.4 is 5.32 Å². The minimum Gasteiger partial charge on any atom is -0.379 e. The summed E-state index contributed by atoms with van der Waals surface area (Å²) in [4.78, 5) is 17.4. The van der Waals surface area contributed by atoms with Crippen molar-refractivity contribution in [2.45, 2.75) is 63.2 Å². The molecule has 28 heavy (non-hydrogen) atoms. The van der Waals surface area contributed by atoms with Gasteiger partial charge in [-0.1, -0.05) is 31.0 Å². The molecule has 1 aromatic carbocycles. The average molecular weight is 390 g/mol. The van der Waals surface area contributed by atoms with E-state index in [0.29, 0.717) is 12.8 Å². The third-order valence-electron chi connectivity index (χ3n) is 6.54. The second kappa shape index (κ2) is 9.33. The lowest BCUT2D eigenvalue weighted by atomic mass is 9.96. The summed E-state index contributed by atoms with van der Waals surface area (Å²) < 4.78 is 19.8. The van der Waals surface area contributed by atoms with Gasteiger partial charge in [-0.2, -0.15) is 0 Å². The molecule has 0 aliphatic carbocycles. The van der Waals surface area contributed by atoms with Crippen molar-refractivity contribution in [1.29, 1.82) is 0 Å². The van der Waals surface area contributed by atoms with E-state index in [-0.39, 0.29) is 30.0 Å². The van der Waals surface area contributed by atoms with Crippen molar-refractivity contribution < 1.29 is 13.9 Å². The van der Waals surface area contributed by atoms with Crippen LogP contribution in [0.2, 0.25) is 0 Å². The molecule has 1 aromatic rings. The first-order chi connectivity index (χ1) is 13.7. The van der Waals surface area contributed by atoms with E-state index in [1.165, 1.54) is 12.8 Å². The first-order valence-electron chi connectivity index (χ1n) is 10.8. The Hall–Kier alpha value is -1.50. The Balaban J connectivity index is 1.49. The molecule has 1 N–H and O–H groups in total. The fraction of sp³-hybridized carbons (Fsp3) is 0.682. The smallest absolute Gasteiger partial charge is 0.222 e. The topological polar surface area (TPSA) is 44.8 Å². The maximum Gasteiger partial charge on any atom is 0.222 e. The van der Waals surface area contributed by atoms with Crippen LogP contribution in [0.1, 0.15) is 44.1 Å². The summed E-state index contributed by atoms with van der Waals surface area (Å²) in [7, 11) is 0. The van der Waals surface area contributed by atoms with Gasteiger partial charge in [0.05, 0.1) is 19.4 Å². The zero-order valence-corrected chi connectivity index (χ0v) is 16.6. The van der Waals surface area contributed by atoms with Gasteiger partial charge in [-0.05, 0) is 37.3 Å². The molecule has 3 heterocycles. The minimum absolute atomic E-state index is 0.0453. The average Bonchev–Trinajstić information content (AvgIpc) is 2.95. The Kier molecular flexibility index (Phi) is 6.60. The van der Waals surface area contributed by atoms with Crippen LogP contribution in [0.15, 0.2) is 24.3 Å². The maximum atomic E-state index is 14.3. The predicted octanol–water partition coefficient (Wildman–Crippen LogP) is 2.55. The third kappa shape index (κ3) is 4.73. The molecule has 154 valence electrons. The summed E-state index contributed by atoms with van der Waals surface area (Å²) in [5, 5.41) is 3.25. The molecule has 0 bridgehead atoms. The number of nitrogens with one attached hydrogen (secondary N) is 1. The van der Waals surface area contributed by atoms with Crippen LogP contribution >= 0.6 is 0 Å². The molecule has 6 heteroatoms. The summed E-state index contributed by atoms with van der Waals surface area (Å²) in [6.45, 7) is 4.29. The number of ether oxygens (including phenoxy) is 1. The number of halogens is 1. The van der Waals surface area contributed by atoms with Crippen molar-refractivity contribution in [3.8, 4) is 0 Å². The highest BCUT2D eigenvalue weighted by Crippen LogP contribution is 2.27. The summed E-state index contributed by atoms with van der Waals surface area (Å²) in [5.41, 5.74) is 0.784. The number of rotatable bonds is 4. The lowest BCUT2D eigenvalue weighted by Gasteiger charge is -2.44. The largest absolute Gasteiger partial charge is 0.379 e. The highest BCUT2D eigenvalue weighted by Gasteiger charge is 2.37. The number of piperidine rings is 1. The molecule has 0 radical (unpaired) electrons. The van der Waals surface area contributed by atoms with Crippen LogP contribution in [-0.2, 0) is 16.0 Å². The second-order valence-corrected chi connectivity index (χ2v) is 8.36. The molecular weight excluding hydrogens is 357 g/mol. The third-order valence-corrected chi connectivity index (χ3v) is 6.54. The number of hydrogen-bond donors (Lipinski definition) is 1. The lowest BCUT2D eigenvalue weighted by Crippen LogP contribution is -2.60. The van der Waals surface area contributed by atoms with E-state index in [1.54, 1.807) is 12.1 Å². The van der Waals surface area contributed by atoms with Gasteiger partial charge in [0.15, 0.2) is 0 Å². The van der Waals surface area contributed by atoms with Crippen molar-refractivity contribution in [2.24, 2.45) is 0 Å². The Bertz CT molecular complexity index is 665. The first-order valence-corrected chi connectivity index (χ1v) is 10.8. The maximum absolute atomic E-state index is 14.3. The van der Waals surface area contributed by atoms with Crippen molar-refractivity contribution in [3.05, 3.63) is 35.6 Å². The fourth-order valence-corrected chi connectivity index (χ4v) is 5.04. The van der Waals surface area contributed by atoms with Crippen LogP contribution in [0.4, 0.5) is 4.39 Å². The highest BCUT2D eigenvalue weighted by atomic mass is 19.1. The second-order valence-electron chi connectivity index (χ2n) is 8.36. The number of amides is 1. The van der Waals surface area contributed by atoms with Crippen LogP contribution in [0.3, 0.4) is 0 Å². The fourth-order valence-electron chi connectivity index (χ4n) is 5.04. The molecule has 2 unspecified atom stereocenters. The first kappa shape index (κ1) is 19.8. The number of carbonyl (C=O) groups excluding carboxylic acids is 1. The zero-order chi connectivity index (χ0) is 19.3. The van der Waals surface area contributed by atoms with Crippen molar-refractivity contribution >= 4 is 5.91 Å². The molecule has 3 aliphatic rings. The number of likely N-dealkylation sites (tertiary alicyclic amines) is 1. The number of hydrogen-bond acceptors (Lipinski definition) is 4. The van der Waals surface area contributed by atoms with E-state index in [1.807, 2.05) is 12.1 Å². The van der Waals surface area contributed by atoms with E-state index in [0.717, 1.165) is 57.7 Å². The number of nitrogens with zero attached hydrogens (tertiary/aromatic N) is 2. The standard InChI is InChI=1S/C22H32FN3O2/c23-20-8-4-3-6-17(20)14-18-7-2-1-5-9-26(18)21-15-19(16-22(27)24-21)25-10-12-28-13-11-25/h3-4,6,8,18-19,21H,1-2,5,7,9-16H2,(H,24,27)/t18-,19?,21?/m1/s1. The van der Waals surface area contributed by atoms with Crippen molar-refractivity contribution in [3.63, 3.8) is 0 Å². The van der Waals surface area contributed by atoms with E-state index < -0.39 is 0 Å². The Morgan fingerprint density at radius 1 is 1.11 bits per heavy atom. The minimum atomic E-state index is -0.120. The summed E-state index contributed by atoms with van der Waals surface area (Å²) in [5.74, 6) is 0.0206. The van der Waals surface area contributed by atoms with Gasteiger partial charge in [-0.15, -0.1) is 0 Å². The number of morpholine rings is 1. The van der Waals surface area contributed by atoms with Crippen LogP contribution in [-0.4, -0.2) is 66.8 Å². The Morgan fingerprint density at radius 2 is 1.93 bits per heavy atom.